The van der Waals surface area contributed by atoms with Crippen molar-refractivity contribution in [2.24, 2.45) is 0 Å². The first-order chi connectivity index (χ1) is 10.1. The number of hydrogen-bond donors (Lipinski definition) is 0. The predicted octanol–water partition coefficient (Wildman–Crippen LogP) is 4.71. The lowest BCUT2D eigenvalue weighted by Crippen LogP contribution is -2.12. The summed E-state index contributed by atoms with van der Waals surface area (Å²) in [6, 6.07) is 14.3. The van der Waals surface area contributed by atoms with Crippen molar-refractivity contribution in [1.29, 1.82) is 5.26 Å². The first kappa shape index (κ1) is 15.7. The summed E-state index contributed by atoms with van der Waals surface area (Å²) < 4.78 is 6.66. The first-order valence-corrected chi connectivity index (χ1v) is 7.68. The molecule has 0 aromatic heterocycles. The van der Waals surface area contributed by atoms with Crippen LogP contribution in [0.15, 0.2) is 51.4 Å². The molecule has 0 aliphatic heterocycles. The summed E-state index contributed by atoms with van der Waals surface area (Å²) in [5.41, 5.74) is 1.10. The van der Waals surface area contributed by atoms with Crippen LogP contribution in [-0.2, 0) is 0 Å². The summed E-state index contributed by atoms with van der Waals surface area (Å²) in [4.78, 5) is 12.6. The Morgan fingerprint density at radius 1 is 1.24 bits per heavy atom. The molecule has 0 spiro atoms. The Kier molecular flexibility index (Phi) is 5.16. The Bertz CT molecular complexity index is 722. The van der Waals surface area contributed by atoms with Gasteiger partial charge in [0.15, 0.2) is 5.78 Å². The van der Waals surface area contributed by atoms with E-state index in [1.54, 1.807) is 49.6 Å². The van der Waals surface area contributed by atoms with Gasteiger partial charge in [-0.1, -0.05) is 44.0 Å². The van der Waals surface area contributed by atoms with Crippen LogP contribution in [-0.4, -0.2) is 12.9 Å². The van der Waals surface area contributed by atoms with Gasteiger partial charge in [-0.3, -0.25) is 4.79 Å². The molecule has 0 heterocycles. The minimum absolute atomic E-state index is 0.245. The monoisotopic (exact) mass is 407 g/mol. The van der Waals surface area contributed by atoms with E-state index in [-0.39, 0.29) is 5.78 Å². The SMILES string of the molecule is COc1cccc(C(C#N)C(=O)c2ccc(Br)cc2Br)c1. The number of halogens is 2. The Hall–Kier alpha value is -1.64. The fraction of sp³-hybridized carbons (Fsp3) is 0.125. The maximum Gasteiger partial charge on any atom is 0.185 e. The average Bonchev–Trinajstić information content (AvgIpc) is 2.48. The van der Waals surface area contributed by atoms with Crippen LogP contribution >= 0.6 is 31.9 Å². The van der Waals surface area contributed by atoms with Gasteiger partial charge in [0.25, 0.3) is 0 Å². The zero-order valence-corrected chi connectivity index (χ0v) is 14.3. The average molecular weight is 409 g/mol. The highest BCUT2D eigenvalue weighted by molar-refractivity contribution is 9.11. The van der Waals surface area contributed by atoms with Crippen LogP contribution in [0, 0.1) is 11.3 Å². The van der Waals surface area contributed by atoms with Crippen LogP contribution in [0.25, 0.3) is 0 Å². The quantitative estimate of drug-likeness (QED) is 0.688. The Morgan fingerprint density at radius 2 is 2.00 bits per heavy atom. The Balaban J connectivity index is 2.41. The number of nitriles is 1. The van der Waals surface area contributed by atoms with Crippen LogP contribution in [0.2, 0.25) is 0 Å². The Labute approximate surface area is 139 Å². The van der Waals surface area contributed by atoms with Crippen molar-refractivity contribution in [3.05, 3.63) is 62.5 Å². The molecule has 0 aliphatic rings. The lowest BCUT2D eigenvalue weighted by Gasteiger charge is -2.11. The van der Waals surface area contributed by atoms with E-state index in [2.05, 4.69) is 37.9 Å². The van der Waals surface area contributed by atoms with E-state index >= 15 is 0 Å². The molecule has 0 fully saturated rings. The molecule has 21 heavy (non-hydrogen) atoms. The van der Waals surface area contributed by atoms with Crippen LogP contribution in [0.3, 0.4) is 0 Å². The van der Waals surface area contributed by atoms with Gasteiger partial charge in [0, 0.05) is 14.5 Å². The molecule has 0 amide bonds. The second-order valence-electron chi connectivity index (χ2n) is 4.33. The lowest BCUT2D eigenvalue weighted by atomic mass is 9.92. The predicted molar refractivity (Wildman–Crippen MR) is 87.5 cm³/mol. The molecule has 5 heteroatoms. The second kappa shape index (κ2) is 6.88. The first-order valence-electron chi connectivity index (χ1n) is 6.09. The van der Waals surface area contributed by atoms with Crippen LogP contribution in [0.4, 0.5) is 0 Å². The van der Waals surface area contributed by atoms with E-state index in [1.807, 2.05) is 0 Å². The van der Waals surface area contributed by atoms with Gasteiger partial charge in [0.05, 0.1) is 13.2 Å². The van der Waals surface area contributed by atoms with Gasteiger partial charge < -0.3 is 4.74 Å². The number of benzene rings is 2. The lowest BCUT2D eigenvalue weighted by molar-refractivity contribution is 0.0978. The number of Topliss-reactive ketones (excluding diaryl/α,β-unsaturated/α-hetero) is 1. The zero-order valence-electron chi connectivity index (χ0n) is 11.1. The molecule has 106 valence electrons. The minimum atomic E-state index is -0.863. The number of hydrogen-bond acceptors (Lipinski definition) is 3. The molecule has 2 aromatic rings. The minimum Gasteiger partial charge on any atom is -0.497 e. The molecular weight excluding hydrogens is 398 g/mol. The van der Waals surface area contributed by atoms with Crippen molar-refractivity contribution < 1.29 is 9.53 Å². The standard InChI is InChI=1S/C16H11Br2NO2/c1-21-12-4-2-3-10(7-12)14(9-19)16(20)13-6-5-11(17)8-15(13)18/h2-8,14H,1H3. The molecule has 0 N–H and O–H groups in total. The van der Waals surface area contributed by atoms with Gasteiger partial charge in [0.1, 0.15) is 11.7 Å². The van der Waals surface area contributed by atoms with Crippen LogP contribution in [0.5, 0.6) is 5.75 Å². The summed E-state index contributed by atoms with van der Waals surface area (Å²) in [5.74, 6) is -0.488. The van der Waals surface area contributed by atoms with Gasteiger partial charge in [-0.25, -0.2) is 0 Å². The largest absolute Gasteiger partial charge is 0.497 e. The van der Waals surface area contributed by atoms with Gasteiger partial charge in [0.2, 0.25) is 0 Å². The van der Waals surface area contributed by atoms with Gasteiger partial charge in [-0.05, 0) is 35.9 Å². The third-order valence-electron chi connectivity index (χ3n) is 3.02. The molecular formula is C16H11Br2NO2. The van der Waals surface area contributed by atoms with E-state index in [0.29, 0.717) is 21.3 Å². The molecule has 1 atom stereocenters. The highest BCUT2D eigenvalue weighted by Gasteiger charge is 2.24. The van der Waals surface area contributed by atoms with Crippen molar-refractivity contribution in [2.75, 3.05) is 7.11 Å². The van der Waals surface area contributed by atoms with E-state index in [1.165, 1.54) is 0 Å². The van der Waals surface area contributed by atoms with Gasteiger partial charge in [-0.15, -0.1) is 0 Å². The van der Waals surface area contributed by atoms with Crippen molar-refractivity contribution in [3.8, 4) is 11.8 Å². The molecule has 2 aromatic carbocycles. The highest BCUT2D eigenvalue weighted by Crippen LogP contribution is 2.29. The topological polar surface area (TPSA) is 50.1 Å². The summed E-state index contributed by atoms with van der Waals surface area (Å²) in [5, 5.41) is 9.38. The normalized spacial score (nSPS) is 11.5. The molecule has 1 unspecified atom stereocenters. The molecule has 0 saturated carbocycles. The Morgan fingerprint density at radius 3 is 2.62 bits per heavy atom. The molecule has 0 saturated heterocycles. The highest BCUT2D eigenvalue weighted by atomic mass is 79.9. The smallest absolute Gasteiger partial charge is 0.185 e. The molecule has 3 nitrogen and oxygen atoms in total. The third kappa shape index (κ3) is 3.52. The molecule has 2 rings (SSSR count). The van der Waals surface area contributed by atoms with Crippen molar-refractivity contribution >= 4 is 37.6 Å². The molecule has 0 bridgehead atoms. The number of ether oxygens (including phenoxy) is 1. The fourth-order valence-electron chi connectivity index (χ4n) is 1.95. The van der Waals surface area contributed by atoms with Crippen molar-refractivity contribution in [2.45, 2.75) is 5.92 Å². The van der Waals surface area contributed by atoms with Gasteiger partial charge in [-0.2, -0.15) is 5.26 Å². The third-order valence-corrected chi connectivity index (χ3v) is 4.16. The summed E-state index contributed by atoms with van der Waals surface area (Å²) >= 11 is 6.70. The van der Waals surface area contributed by atoms with Gasteiger partial charge >= 0.3 is 0 Å². The molecule has 0 aliphatic carbocycles. The number of carbonyl (C=O) groups excluding carboxylic acids is 1. The summed E-state index contributed by atoms with van der Waals surface area (Å²) in [6.45, 7) is 0. The number of methoxy groups -OCH3 is 1. The summed E-state index contributed by atoms with van der Waals surface area (Å²) in [7, 11) is 1.55. The van der Waals surface area contributed by atoms with Crippen molar-refractivity contribution in [1.82, 2.24) is 0 Å². The number of rotatable bonds is 4. The molecule has 0 radical (unpaired) electrons. The van der Waals surface area contributed by atoms with Crippen molar-refractivity contribution in [3.63, 3.8) is 0 Å². The summed E-state index contributed by atoms with van der Waals surface area (Å²) in [6.07, 6.45) is 0. The maximum absolute atomic E-state index is 12.6. The maximum atomic E-state index is 12.6. The zero-order chi connectivity index (χ0) is 15.4. The number of nitrogens with zero attached hydrogens (tertiary/aromatic N) is 1. The van der Waals surface area contributed by atoms with E-state index in [0.717, 1.165) is 4.47 Å². The van der Waals surface area contributed by atoms with E-state index < -0.39 is 5.92 Å². The number of carbonyl (C=O) groups is 1. The fourth-order valence-corrected chi connectivity index (χ4v) is 3.19. The number of ketones is 1. The van der Waals surface area contributed by atoms with E-state index in [9.17, 15) is 10.1 Å². The van der Waals surface area contributed by atoms with Crippen LogP contribution in [0.1, 0.15) is 21.8 Å². The second-order valence-corrected chi connectivity index (χ2v) is 6.10. The van der Waals surface area contributed by atoms with E-state index in [4.69, 9.17) is 4.74 Å². The van der Waals surface area contributed by atoms with Crippen LogP contribution < -0.4 is 4.74 Å².